The van der Waals surface area contributed by atoms with Gasteiger partial charge in [-0.05, 0) is 30.7 Å². The van der Waals surface area contributed by atoms with E-state index in [0.29, 0.717) is 11.8 Å². The molecule has 3 aromatic rings. The van der Waals surface area contributed by atoms with E-state index in [9.17, 15) is 26.4 Å². The number of hydrogen-bond donors (Lipinski definition) is 1. The molecule has 0 saturated heterocycles. The zero-order valence-corrected chi connectivity index (χ0v) is 21.6. The van der Waals surface area contributed by atoms with Crippen molar-refractivity contribution in [1.82, 2.24) is 4.98 Å². The SMILES string of the molecule is C#Cc1cc(C(F)(F)F)ncc1-c1cc(S(=O)(=O)N2CCOc3ccccc32)c(OCCCC(=O)O)cc1Cl. The van der Waals surface area contributed by atoms with Gasteiger partial charge in [-0.3, -0.25) is 14.1 Å². The molecule has 0 spiro atoms. The van der Waals surface area contributed by atoms with Gasteiger partial charge >= 0.3 is 12.1 Å². The Balaban J connectivity index is 1.86. The molecule has 0 atom stereocenters. The van der Waals surface area contributed by atoms with Crippen LogP contribution in [0.15, 0.2) is 53.6 Å². The number of carboxylic acids is 1. The van der Waals surface area contributed by atoms with Gasteiger partial charge in [0, 0.05) is 35.4 Å². The molecular weight excluding hydrogens is 561 g/mol. The molecule has 1 aliphatic heterocycles. The van der Waals surface area contributed by atoms with E-state index in [-0.39, 0.29) is 70.6 Å². The average molecular weight is 581 g/mol. The molecule has 0 saturated carbocycles. The number of para-hydroxylation sites is 2. The van der Waals surface area contributed by atoms with Crippen LogP contribution < -0.4 is 13.8 Å². The first-order valence-corrected chi connectivity index (χ1v) is 13.2. The van der Waals surface area contributed by atoms with Gasteiger partial charge in [0.2, 0.25) is 0 Å². The van der Waals surface area contributed by atoms with Crippen LogP contribution in [0.5, 0.6) is 11.5 Å². The molecule has 204 valence electrons. The Labute approximate surface area is 227 Å². The number of ether oxygens (including phenoxy) is 2. The molecule has 1 aliphatic rings. The fourth-order valence-corrected chi connectivity index (χ4v) is 5.77. The zero-order valence-electron chi connectivity index (χ0n) is 20.0. The number of fused-ring (bicyclic) bond motifs is 1. The van der Waals surface area contributed by atoms with Gasteiger partial charge in [-0.2, -0.15) is 13.2 Å². The predicted molar refractivity (Wildman–Crippen MR) is 136 cm³/mol. The summed E-state index contributed by atoms with van der Waals surface area (Å²) in [6, 6.07) is 9.54. The number of rotatable bonds is 8. The van der Waals surface area contributed by atoms with Crippen LogP contribution in [0, 0.1) is 12.3 Å². The highest BCUT2D eigenvalue weighted by atomic mass is 35.5. The lowest BCUT2D eigenvalue weighted by Gasteiger charge is -2.31. The summed E-state index contributed by atoms with van der Waals surface area (Å²) in [7, 11) is -4.36. The van der Waals surface area contributed by atoms with Crippen molar-refractivity contribution < 1.29 is 41.0 Å². The minimum atomic E-state index is -4.75. The summed E-state index contributed by atoms with van der Waals surface area (Å²) in [6.45, 7) is -0.107. The van der Waals surface area contributed by atoms with E-state index in [4.69, 9.17) is 32.6 Å². The number of alkyl halides is 3. The third-order valence-electron chi connectivity index (χ3n) is 5.72. The summed E-state index contributed by atoms with van der Waals surface area (Å²) in [4.78, 5) is 14.0. The standard InChI is InChI=1S/C26H20ClF3N2O6S/c1-2-16-12-24(26(28,29)30)31-15-18(16)17-13-23(22(14-19(17)27)37-10-5-8-25(33)34)39(35,36)32-9-11-38-21-7-4-3-6-20(21)32/h1,3-4,6-7,12-15H,5,8-11H2,(H,33,34). The Morgan fingerprint density at radius 2 is 1.97 bits per heavy atom. The van der Waals surface area contributed by atoms with Crippen LogP contribution in [0.1, 0.15) is 24.1 Å². The van der Waals surface area contributed by atoms with Crippen molar-refractivity contribution in [2.75, 3.05) is 24.1 Å². The summed E-state index contributed by atoms with van der Waals surface area (Å²) in [6.07, 6.45) is 1.48. The Morgan fingerprint density at radius 3 is 2.67 bits per heavy atom. The largest absolute Gasteiger partial charge is 0.492 e. The van der Waals surface area contributed by atoms with Crippen LogP contribution in [0.2, 0.25) is 5.02 Å². The number of carbonyl (C=O) groups is 1. The third-order valence-corrected chi connectivity index (χ3v) is 7.87. The first-order valence-electron chi connectivity index (χ1n) is 11.4. The van der Waals surface area contributed by atoms with Gasteiger partial charge in [-0.15, -0.1) is 6.42 Å². The molecule has 0 radical (unpaired) electrons. The van der Waals surface area contributed by atoms with Gasteiger partial charge in [0.25, 0.3) is 10.0 Å². The summed E-state index contributed by atoms with van der Waals surface area (Å²) < 4.78 is 80.0. The second kappa shape index (κ2) is 11.0. The first-order chi connectivity index (χ1) is 18.4. The summed E-state index contributed by atoms with van der Waals surface area (Å²) in [5, 5.41) is 8.83. The Bertz CT molecular complexity index is 1570. The van der Waals surface area contributed by atoms with Gasteiger partial charge in [-0.25, -0.2) is 8.42 Å². The van der Waals surface area contributed by atoms with Crippen LogP contribution in [-0.2, 0) is 21.0 Å². The Kier molecular flexibility index (Phi) is 7.94. The number of carboxylic acid groups (broad SMARTS) is 1. The minimum Gasteiger partial charge on any atom is -0.492 e. The van der Waals surface area contributed by atoms with Crippen molar-refractivity contribution in [2.24, 2.45) is 0 Å². The van der Waals surface area contributed by atoms with E-state index in [1.54, 1.807) is 24.3 Å². The molecule has 13 heteroatoms. The molecule has 2 heterocycles. The lowest BCUT2D eigenvalue weighted by molar-refractivity contribution is -0.141. The highest BCUT2D eigenvalue weighted by molar-refractivity contribution is 7.93. The van der Waals surface area contributed by atoms with Crippen molar-refractivity contribution in [3.8, 4) is 35.0 Å². The van der Waals surface area contributed by atoms with E-state index in [2.05, 4.69) is 10.9 Å². The Hall–Kier alpha value is -3.95. The summed E-state index contributed by atoms with van der Waals surface area (Å²) in [5.74, 6) is 1.29. The average Bonchev–Trinajstić information content (AvgIpc) is 2.89. The molecule has 0 aliphatic carbocycles. The van der Waals surface area contributed by atoms with Crippen molar-refractivity contribution in [1.29, 1.82) is 0 Å². The number of benzene rings is 2. The lowest BCUT2D eigenvalue weighted by atomic mass is 10.0. The molecule has 0 bridgehead atoms. The van der Waals surface area contributed by atoms with E-state index in [1.807, 2.05) is 0 Å². The molecule has 0 unspecified atom stereocenters. The normalized spacial score (nSPS) is 13.3. The fourth-order valence-electron chi connectivity index (χ4n) is 3.92. The maximum Gasteiger partial charge on any atom is 0.433 e. The number of hydrogen-bond acceptors (Lipinski definition) is 6. The van der Waals surface area contributed by atoms with Crippen molar-refractivity contribution >= 4 is 33.3 Å². The van der Waals surface area contributed by atoms with Crippen molar-refractivity contribution in [3.63, 3.8) is 0 Å². The smallest absolute Gasteiger partial charge is 0.433 e. The molecule has 1 N–H and O–H groups in total. The third kappa shape index (κ3) is 5.89. The predicted octanol–water partition coefficient (Wildman–Crippen LogP) is 5.23. The van der Waals surface area contributed by atoms with Crippen LogP contribution in [-0.4, -0.2) is 44.2 Å². The monoisotopic (exact) mass is 580 g/mol. The van der Waals surface area contributed by atoms with Crippen molar-refractivity contribution in [3.05, 3.63) is 64.9 Å². The molecule has 0 fully saturated rings. The number of pyridine rings is 1. The first kappa shape index (κ1) is 28.1. The van der Waals surface area contributed by atoms with Crippen LogP contribution >= 0.6 is 11.6 Å². The Morgan fingerprint density at radius 1 is 1.23 bits per heavy atom. The summed E-state index contributed by atoms with van der Waals surface area (Å²) in [5.41, 5.74) is -1.12. The van der Waals surface area contributed by atoms with Gasteiger partial charge in [0.15, 0.2) is 0 Å². The maximum atomic E-state index is 14.0. The highest BCUT2D eigenvalue weighted by Crippen LogP contribution is 2.42. The molecule has 39 heavy (non-hydrogen) atoms. The van der Waals surface area contributed by atoms with E-state index < -0.39 is 27.9 Å². The number of nitrogens with zero attached hydrogens (tertiary/aromatic N) is 2. The second-order valence-electron chi connectivity index (χ2n) is 8.28. The number of sulfonamides is 1. The molecule has 0 amide bonds. The van der Waals surface area contributed by atoms with Gasteiger partial charge in [0.05, 0.1) is 23.9 Å². The quantitative estimate of drug-likeness (QED) is 0.287. The van der Waals surface area contributed by atoms with Gasteiger partial charge in [-0.1, -0.05) is 29.7 Å². The molecule has 2 aromatic carbocycles. The molecule has 4 rings (SSSR count). The highest BCUT2D eigenvalue weighted by Gasteiger charge is 2.35. The zero-order chi connectivity index (χ0) is 28.4. The van der Waals surface area contributed by atoms with Gasteiger partial charge < -0.3 is 14.6 Å². The van der Waals surface area contributed by atoms with E-state index in [1.165, 1.54) is 6.07 Å². The van der Waals surface area contributed by atoms with E-state index in [0.717, 1.165) is 16.6 Å². The maximum absolute atomic E-state index is 14.0. The number of halogens is 4. The molecular formula is C26H20ClF3N2O6S. The number of anilines is 1. The van der Waals surface area contributed by atoms with Crippen LogP contribution in [0.4, 0.5) is 18.9 Å². The number of aromatic nitrogens is 1. The second-order valence-corrected chi connectivity index (χ2v) is 10.5. The number of terminal acetylenes is 1. The van der Waals surface area contributed by atoms with Crippen LogP contribution in [0.3, 0.4) is 0 Å². The van der Waals surface area contributed by atoms with Gasteiger partial charge in [0.1, 0.15) is 28.7 Å². The minimum absolute atomic E-state index is 0.00625. The molecule has 1 aromatic heterocycles. The topological polar surface area (TPSA) is 106 Å². The summed E-state index contributed by atoms with van der Waals surface area (Å²) >= 11 is 6.45. The lowest BCUT2D eigenvalue weighted by Crippen LogP contribution is -2.38. The number of aliphatic carboxylic acids is 1. The van der Waals surface area contributed by atoms with Crippen LogP contribution in [0.25, 0.3) is 11.1 Å². The van der Waals surface area contributed by atoms with Crippen molar-refractivity contribution in [2.45, 2.75) is 23.9 Å². The fraction of sp³-hybridized carbons (Fsp3) is 0.231. The molecule has 8 nitrogen and oxygen atoms in total. The van der Waals surface area contributed by atoms with E-state index >= 15 is 0 Å².